The lowest BCUT2D eigenvalue weighted by atomic mass is 10.2. The highest BCUT2D eigenvalue weighted by molar-refractivity contribution is 6.03. The van der Waals surface area contributed by atoms with Crippen LogP contribution in [0, 0.1) is 6.92 Å². The zero-order valence-electron chi connectivity index (χ0n) is 9.47. The third-order valence-electron chi connectivity index (χ3n) is 2.41. The van der Waals surface area contributed by atoms with E-state index in [0.717, 1.165) is 5.56 Å². The number of nitrogens with two attached hydrogens (primary N) is 1. The Morgan fingerprint density at radius 2 is 2.12 bits per heavy atom. The minimum absolute atomic E-state index is 0.237. The molecule has 1 aromatic heterocycles. The minimum Gasteiger partial charge on any atom is -0.399 e. The monoisotopic (exact) mass is 227 g/mol. The highest BCUT2D eigenvalue weighted by Crippen LogP contribution is 2.18. The molecular weight excluding hydrogens is 214 g/mol. The van der Waals surface area contributed by atoms with Crippen LogP contribution in [0.3, 0.4) is 0 Å². The van der Waals surface area contributed by atoms with Crippen molar-refractivity contribution in [3.63, 3.8) is 0 Å². The van der Waals surface area contributed by atoms with Gasteiger partial charge < -0.3 is 11.1 Å². The van der Waals surface area contributed by atoms with Gasteiger partial charge in [0, 0.05) is 17.6 Å². The third-order valence-corrected chi connectivity index (χ3v) is 2.41. The maximum absolute atomic E-state index is 11.9. The molecule has 0 atom stereocenters. The van der Waals surface area contributed by atoms with Gasteiger partial charge in [-0.3, -0.25) is 9.78 Å². The molecular formula is C13H13N3O. The molecule has 0 unspecified atom stereocenters. The predicted octanol–water partition coefficient (Wildman–Crippen LogP) is 2.22. The van der Waals surface area contributed by atoms with Gasteiger partial charge in [0.05, 0.1) is 0 Å². The van der Waals surface area contributed by atoms with Gasteiger partial charge in [0.2, 0.25) is 0 Å². The summed E-state index contributed by atoms with van der Waals surface area (Å²) in [7, 11) is 0. The number of aromatic nitrogens is 1. The second-order valence-electron chi connectivity index (χ2n) is 3.74. The molecule has 0 saturated carbocycles. The number of nitrogens with one attached hydrogen (secondary N) is 1. The zero-order valence-corrected chi connectivity index (χ0v) is 9.47. The molecule has 0 aliphatic heterocycles. The predicted molar refractivity (Wildman–Crippen MR) is 67.8 cm³/mol. The van der Waals surface area contributed by atoms with Gasteiger partial charge in [0.25, 0.3) is 5.91 Å². The summed E-state index contributed by atoms with van der Waals surface area (Å²) in [5.74, 6) is -0.237. The van der Waals surface area contributed by atoms with Gasteiger partial charge in [-0.2, -0.15) is 0 Å². The van der Waals surface area contributed by atoms with Crippen molar-refractivity contribution >= 4 is 17.3 Å². The second-order valence-corrected chi connectivity index (χ2v) is 3.74. The van der Waals surface area contributed by atoms with Crippen LogP contribution in [0.5, 0.6) is 0 Å². The third kappa shape index (κ3) is 2.60. The number of anilines is 2. The van der Waals surface area contributed by atoms with Gasteiger partial charge in [-0.15, -0.1) is 0 Å². The first-order valence-corrected chi connectivity index (χ1v) is 5.25. The molecule has 1 aromatic carbocycles. The minimum atomic E-state index is -0.237. The van der Waals surface area contributed by atoms with E-state index in [1.165, 1.54) is 0 Å². The van der Waals surface area contributed by atoms with Crippen LogP contribution in [0.4, 0.5) is 11.4 Å². The van der Waals surface area contributed by atoms with Gasteiger partial charge in [0.15, 0.2) is 0 Å². The van der Waals surface area contributed by atoms with E-state index in [0.29, 0.717) is 17.1 Å². The van der Waals surface area contributed by atoms with E-state index < -0.39 is 0 Å². The number of amides is 1. The molecule has 0 fully saturated rings. The van der Waals surface area contributed by atoms with E-state index in [1.54, 1.807) is 36.5 Å². The maximum Gasteiger partial charge on any atom is 0.274 e. The van der Waals surface area contributed by atoms with Crippen molar-refractivity contribution in [1.29, 1.82) is 0 Å². The summed E-state index contributed by atoms with van der Waals surface area (Å²) >= 11 is 0. The number of rotatable bonds is 2. The number of benzene rings is 1. The van der Waals surface area contributed by atoms with Crippen molar-refractivity contribution in [1.82, 2.24) is 4.98 Å². The molecule has 0 spiro atoms. The molecule has 0 bridgehead atoms. The molecule has 4 nitrogen and oxygen atoms in total. The van der Waals surface area contributed by atoms with Crippen molar-refractivity contribution in [3.05, 3.63) is 53.9 Å². The fraction of sp³-hybridized carbons (Fsp3) is 0.0769. The second kappa shape index (κ2) is 4.65. The molecule has 86 valence electrons. The van der Waals surface area contributed by atoms with Crippen molar-refractivity contribution in [2.75, 3.05) is 11.1 Å². The van der Waals surface area contributed by atoms with E-state index in [-0.39, 0.29) is 5.91 Å². The Bertz CT molecular complexity index is 538. The zero-order chi connectivity index (χ0) is 12.3. The number of nitrogen functional groups attached to an aromatic ring is 1. The van der Waals surface area contributed by atoms with E-state index >= 15 is 0 Å². The quantitative estimate of drug-likeness (QED) is 0.773. The van der Waals surface area contributed by atoms with Crippen LogP contribution in [-0.2, 0) is 0 Å². The van der Waals surface area contributed by atoms with Crippen LogP contribution in [0.2, 0.25) is 0 Å². The lowest BCUT2D eigenvalue weighted by molar-refractivity contribution is 0.102. The Hall–Kier alpha value is -2.36. The SMILES string of the molecule is Cc1ccc(N)cc1NC(=O)c1ccccn1. The first kappa shape index (κ1) is 11.1. The molecule has 0 saturated heterocycles. The van der Waals surface area contributed by atoms with Crippen LogP contribution >= 0.6 is 0 Å². The summed E-state index contributed by atoms with van der Waals surface area (Å²) in [5.41, 5.74) is 8.35. The standard InChI is InChI=1S/C13H13N3O/c1-9-5-6-10(14)8-12(9)16-13(17)11-4-2-3-7-15-11/h2-8H,14H2,1H3,(H,16,17). The van der Waals surface area contributed by atoms with Gasteiger partial charge in [-0.05, 0) is 36.8 Å². The molecule has 0 aliphatic rings. The highest BCUT2D eigenvalue weighted by Gasteiger charge is 2.08. The van der Waals surface area contributed by atoms with Crippen molar-refractivity contribution in [2.45, 2.75) is 6.92 Å². The van der Waals surface area contributed by atoms with Crippen molar-refractivity contribution in [3.8, 4) is 0 Å². The highest BCUT2D eigenvalue weighted by atomic mass is 16.1. The summed E-state index contributed by atoms with van der Waals surface area (Å²) in [4.78, 5) is 15.8. The number of hydrogen-bond donors (Lipinski definition) is 2. The van der Waals surface area contributed by atoms with Crippen molar-refractivity contribution in [2.24, 2.45) is 0 Å². The molecule has 2 rings (SSSR count). The molecule has 17 heavy (non-hydrogen) atoms. The Morgan fingerprint density at radius 3 is 2.82 bits per heavy atom. The van der Waals surface area contributed by atoms with Gasteiger partial charge in [-0.25, -0.2) is 0 Å². The topological polar surface area (TPSA) is 68.0 Å². The summed E-state index contributed by atoms with van der Waals surface area (Å²) in [5, 5.41) is 2.79. The Morgan fingerprint density at radius 1 is 1.29 bits per heavy atom. The average molecular weight is 227 g/mol. The molecule has 1 heterocycles. The van der Waals surface area contributed by atoms with Crippen LogP contribution in [0.25, 0.3) is 0 Å². The van der Waals surface area contributed by atoms with Crippen LogP contribution < -0.4 is 11.1 Å². The van der Waals surface area contributed by atoms with E-state index in [2.05, 4.69) is 10.3 Å². The molecule has 0 aliphatic carbocycles. The molecule has 2 aromatic rings. The van der Waals surface area contributed by atoms with E-state index in [9.17, 15) is 4.79 Å². The van der Waals surface area contributed by atoms with E-state index in [1.807, 2.05) is 13.0 Å². The molecule has 3 N–H and O–H groups in total. The van der Waals surface area contributed by atoms with E-state index in [4.69, 9.17) is 5.73 Å². The number of pyridine rings is 1. The summed E-state index contributed by atoms with van der Waals surface area (Å²) < 4.78 is 0. The lowest BCUT2D eigenvalue weighted by Crippen LogP contribution is -2.14. The van der Waals surface area contributed by atoms with Gasteiger partial charge >= 0.3 is 0 Å². The first-order valence-electron chi connectivity index (χ1n) is 5.25. The number of nitrogens with zero attached hydrogens (tertiary/aromatic N) is 1. The average Bonchev–Trinajstić information content (AvgIpc) is 2.35. The molecule has 0 radical (unpaired) electrons. The largest absolute Gasteiger partial charge is 0.399 e. The Balaban J connectivity index is 2.22. The van der Waals surface area contributed by atoms with Crippen molar-refractivity contribution < 1.29 is 4.79 Å². The number of carbonyl (C=O) groups excluding carboxylic acids is 1. The Kier molecular flexibility index (Phi) is 3.05. The van der Waals surface area contributed by atoms with Gasteiger partial charge in [-0.1, -0.05) is 12.1 Å². The maximum atomic E-state index is 11.9. The number of carbonyl (C=O) groups is 1. The summed E-state index contributed by atoms with van der Waals surface area (Å²) in [6.07, 6.45) is 1.58. The van der Waals surface area contributed by atoms with Crippen LogP contribution in [0.15, 0.2) is 42.6 Å². The lowest BCUT2D eigenvalue weighted by Gasteiger charge is -2.08. The molecule has 1 amide bonds. The van der Waals surface area contributed by atoms with Crippen LogP contribution in [-0.4, -0.2) is 10.9 Å². The first-order chi connectivity index (χ1) is 8.16. The summed E-state index contributed by atoms with van der Waals surface area (Å²) in [6.45, 7) is 1.91. The van der Waals surface area contributed by atoms with Crippen LogP contribution in [0.1, 0.15) is 16.1 Å². The fourth-order valence-corrected chi connectivity index (χ4v) is 1.46. The number of aryl methyl sites for hydroxylation is 1. The van der Waals surface area contributed by atoms with Gasteiger partial charge in [0.1, 0.15) is 5.69 Å². The summed E-state index contributed by atoms with van der Waals surface area (Å²) in [6, 6.07) is 10.6. The molecule has 4 heteroatoms. The Labute approximate surface area is 99.5 Å². The number of hydrogen-bond acceptors (Lipinski definition) is 3. The smallest absolute Gasteiger partial charge is 0.274 e. The fourth-order valence-electron chi connectivity index (χ4n) is 1.46. The normalized spacial score (nSPS) is 9.94.